The fraction of sp³-hybridized carbons (Fsp3) is 0.0588. The highest BCUT2D eigenvalue weighted by molar-refractivity contribution is 5.67. The van der Waals surface area contributed by atoms with Crippen molar-refractivity contribution in [3.8, 4) is 0 Å². The Morgan fingerprint density at radius 1 is 1.00 bits per heavy atom. The zero-order chi connectivity index (χ0) is 14.2. The number of nitrogens with zero attached hydrogens (tertiary/aromatic N) is 2. The monoisotopic (exact) mass is 275 g/mol. The maximum absolute atomic E-state index is 11.9. The van der Waals surface area contributed by atoms with Crippen LogP contribution in [-0.2, 0) is 0 Å². The van der Waals surface area contributed by atoms with Crippen molar-refractivity contribution in [3.05, 3.63) is 87.6 Å². The molecule has 1 aliphatic rings. The summed E-state index contributed by atoms with van der Waals surface area (Å²) in [5.74, 6) is 0.656. The van der Waals surface area contributed by atoms with Crippen LogP contribution in [0.1, 0.15) is 28.4 Å². The van der Waals surface area contributed by atoms with Gasteiger partial charge in [0.1, 0.15) is 5.82 Å². The molecule has 21 heavy (non-hydrogen) atoms. The Labute approximate surface area is 121 Å². The van der Waals surface area contributed by atoms with Crippen molar-refractivity contribution in [2.75, 3.05) is 0 Å². The molecule has 1 atom stereocenters. The van der Waals surface area contributed by atoms with Gasteiger partial charge in [0.2, 0.25) is 0 Å². The maximum atomic E-state index is 11.9. The lowest BCUT2D eigenvalue weighted by Crippen LogP contribution is -2.15. The fourth-order valence-corrected chi connectivity index (χ4v) is 2.86. The third-order valence-electron chi connectivity index (χ3n) is 3.83. The number of nitrogens with one attached hydrogen (secondary N) is 1. The fourth-order valence-electron chi connectivity index (χ4n) is 2.86. The van der Waals surface area contributed by atoms with E-state index >= 15 is 0 Å². The molecule has 2 aromatic carbocycles. The number of hydrogen-bond acceptors (Lipinski definition) is 2. The normalized spacial score (nSPS) is 16.1. The summed E-state index contributed by atoms with van der Waals surface area (Å²) in [5, 5.41) is 6.79. The molecule has 0 radical (unpaired) electrons. The third-order valence-corrected chi connectivity index (χ3v) is 3.83. The summed E-state index contributed by atoms with van der Waals surface area (Å²) >= 11 is 0. The van der Waals surface area contributed by atoms with Crippen molar-refractivity contribution in [3.63, 3.8) is 0 Å². The number of aromatic amines is 1. The van der Waals surface area contributed by atoms with Gasteiger partial charge in [-0.3, -0.25) is 4.57 Å². The van der Waals surface area contributed by atoms with Crippen LogP contribution in [0.25, 0.3) is 12.3 Å². The Balaban J connectivity index is 2.04. The number of rotatable bonds is 1. The van der Waals surface area contributed by atoms with Gasteiger partial charge in [0.15, 0.2) is 0 Å². The van der Waals surface area contributed by atoms with Crippen LogP contribution in [0.15, 0.2) is 59.4 Å². The van der Waals surface area contributed by atoms with E-state index in [1.807, 2.05) is 36.4 Å². The van der Waals surface area contributed by atoms with Crippen LogP contribution < -0.4 is 5.69 Å². The minimum atomic E-state index is -0.213. The van der Waals surface area contributed by atoms with Crippen molar-refractivity contribution >= 4 is 12.3 Å². The second kappa shape index (κ2) is 4.59. The molecule has 2 heterocycles. The van der Waals surface area contributed by atoms with E-state index in [0.29, 0.717) is 5.82 Å². The maximum Gasteiger partial charge on any atom is 0.347 e. The van der Waals surface area contributed by atoms with E-state index in [4.69, 9.17) is 0 Å². The standard InChI is InChI=1S/C17H13N3O/c21-17-19-18-16-15(13-7-2-1-3-8-13)14-9-5-4-6-12(14)10-11-20(16)17/h1-11,15H,(H,19,21). The van der Waals surface area contributed by atoms with Gasteiger partial charge in [0.05, 0.1) is 5.92 Å². The lowest BCUT2D eigenvalue weighted by molar-refractivity contribution is 0.833. The van der Waals surface area contributed by atoms with Crippen molar-refractivity contribution in [1.29, 1.82) is 0 Å². The lowest BCUT2D eigenvalue weighted by atomic mass is 9.88. The van der Waals surface area contributed by atoms with E-state index in [0.717, 1.165) is 16.7 Å². The quantitative estimate of drug-likeness (QED) is 0.580. The van der Waals surface area contributed by atoms with Gasteiger partial charge in [-0.2, -0.15) is 5.10 Å². The molecule has 0 amide bonds. The van der Waals surface area contributed by atoms with Gasteiger partial charge in [-0.15, -0.1) is 0 Å². The van der Waals surface area contributed by atoms with Crippen molar-refractivity contribution in [2.24, 2.45) is 0 Å². The van der Waals surface area contributed by atoms with Gasteiger partial charge in [0, 0.05) is 6.20 Å². The highest BCUT2D eigenvalue weighted by Gasteiger charge is 2.26. The van der Waals surface area contributed by atoms with Gasteiger partial charge in [0.25, 0.3) is 0 Å². The van der Waals surface area contributed by atoms with Gasteiger partial charge >= 0.3 is 5.69 Å². The van der Waals surface area contributed by atoms with Gasteiger partial charge in [-0.05, 0) is 22.8 Å². The molecule has 1 aromatic heterocycles. The second-order valence-corrected chi connectivity index (χ2v) is 5.05. The minimum absolute atomic E-state index is 0.0589. The Bertz CT molecular complexity index is 874. The van der Waals surface area contributed by atoms with Crippen LogP contribution in [-0.4, -0.2) is 14.8 Å². The largest absolute Gasteiger partial charge is 0.347 e. The molecule has 3 aromatic rings. The molecule has 0 aliphatic carbocycles. The molecular formula is C17H13N3O. The van der Waals surface area contributed by atoms with Crippen LogP contribution >= 0.6 is 0 Å². The number of hydrogen-bond donors (Lipinski definition) is 1. The highest BCUT2D eigenvalue weighted by atomic mass is 16.1. The summed E-state index contributed by atoms with van der Waals surface area (Å²) in [7, 11) is 0. The van der Waals surface area contributed by atoms with E-state index in [-0.39, 0.29) is 11.6 Å². The summed E-state index contributed by atoms with van der Waals surface area (Å²) in [4.78, 5) is 11.9. The van der Waals surface area contributed by atoms with Crippen LogP contribution in [0, 0.1) is 0 Å². The Morgan fingerprint density at radius 3 is 2.62 bits per heavy atom. The first kappa shape index (κ1) is 11.9. The molecular weight excluding hydrogens is 262 g/mol. The second-order valence-electron chi connectivity index (χ2n) is 5.05. The zero-order valence-corrected chi connectivity index (χ0v) is 11.2. The molecule has 102 valence electrons. The molecule has 1 aliphatic heterocycles. The van der Waals surface area contributed by atoms with Crippen molar-refractivity contribution in [2.45, 2.75) is 5.92 Å². The summed E-state index contributed by atoms with van der Waals surface area (Å²) in [6.07, 6.45) is 3.74. The van der Waals surface area contributed by atoms with Crippen molar-refractivity contribution < 1.29 is 0 Å². The molecule has 0 saturated heterocycles. The van der Waals surface area contributed by atoms with Gasteiger partial charge in [-0.1, -0.05) is 54.6 Å². The molecule has 0 spiro atoms. The van der Waals surface area contributed by atoms with Crippen molar-refractivity contribution in [1.82, 2.24) is 14.8 Å². The summed E-state index contributed by atoms with van der Waals surface area (Å²) < 4.78 is 1.58. The summed E-state index contributed by atoms with van der Waals surface area (Å²) in [6, 6.07) is 18.3. The minimum Gasteiger partial charge on any atom is -0.253 e. The average Bonchev–Trinajstić information content (AvgIpc) is 2.80. The Hall–Kier alpha value is -2.88. The molecule has 1 N–H and O–H groups in total. The smallest absolute Gasteiger partial charge is 0.253 e. The van der Waals surface area contributed by atoms with E-state index in [1.165, 1.54) is 0 Å². The average molecular weight is 275 g/mol. The number of aromatic nitrogens is 3. The number of benzene rings is 2. The molecule has 4 nitrogen and oxygen atoms in total. The number of H-pyrrole nitrogens is 1. The van der Waals surface area contributed by atoms with Crippen LogP contribution in [0.3, 0.4) is 0 Å². The molecule has 0 bridgehead atoms. The molecule has 0 fully saturated rings. The first-order chi connectivity index (χ1) is 10.3. The Kier molecular flexibility index (Phi) is 2.60. The predicted octanol–water partition coefficient (Wildman–Crippen LogP) is 2.69. The molecule has 0 saturated carbocycles. The summed E-state index contributed by atoms with van der Waals surface area (Å²) in [5.41, 5.74) is 3.16. The molecule has 4 heteroatoms. The Morgan fingerprint density at radius 2 is 1.76 bits per heavy atom. The molecule has 4 rings (SSSR count). The predicted molar refractivity (Wildman–Crippen MR) is 81.9 cm³/mol. The lowest BCUT2D eigenvalue weighted by Gasteiger charge is -2.17. The summed E-state index contributed by atoms with van der Waals surface area (Å²) in [6.45, 7) is 0. The highest BCUT2D eigenvalue weighted by Crippen LogP contribution is 2.34. The van der Waals surface area contributed by atoms with Gasteiger partial charge in [-0.25, -0.2) is 9.89 Å². The van der Waals surface area contributed by atoms with Crippen LogP contribution in [0.4, 0.5) is 0 Å². The van der Waals surface area contributed by atoms with E-state index in [1.54, 1.807) is 10.8 Å². The van der Waals surface area contributed by atoms with E-state index < -0.39 is 0 Å². The first-order valence-corrected chi connectivity index (χ1v) is 6.83. The zero-order valence-electron chi connectivity index (χ0n) is 11.2. The topological polar surface area (TPSA) is 50.7 Å². The van der Waals surface area contributed by atoms with Crippen LogP contribution in [0.2, 0.25) is 0 Å². The third kappa shape index (κ3) is 1.84. The van der Waals surface area contributed by atoms with Gasteiger partial charge < -0.3 is 0 Å². The number of fused-ring (bicyclic) bond motifs is 2. The first-order valence-electron chi connectivity index (χ1n) is 6.83. The van der Waals surface area contributed by atoms with Crippen LogP contribution in [0.5, 0.6) is 0 Å². The molecule has 1 unspecified atom stereocenters. The van der Waals surface area contributed by atoms with E-state index in [9.17, 15) is 4.79 Å². The van der Waals surface area contributed by atoms with E-state index in [2.05, 4.69) is 34.5 Å². The SMILES string of the molecule is O=c1[nH]nc2n1C=Cc1ccccc1C2c1ccccc1.